The summed E-state index contributed by atoms with van der Waals surface area (Å²) in [5, 5.41) is 0. The van der Waals surface area contributed by atoms with Gasteiger partial charge in [0.05, 0.1) is 13.0 Å². The topological polar surface area (TPSA) is 66.9 Å². The molecule has 1 aliphatic rings. The molecule has 1 heterocycles. The molecule has 0 radical (unpaired) electrons. The molecule has 0 saturated heterocycles. The lowest BCUT2D eigenvalue weighted by molar-refractivity contribution is -0.146. The highest BCUT2D eigenvalue weighted by Crippen LogP contribution is 2.30. The second-order valence-electron chi connectivity index (χ2n) is 5.58. The Bertz CT molecular complexity index is 633. The fraction of sp³-hybridized carbons (Fsp3) is 0.353. The third-order valence-electron chi connectivity index (χ3n) is 3.91. The number of hydrogen-bond donors (Lipinski definition) is 0. The summed E-state index contributed by atoms with van der Waals surface area (Å²) >= 11 is 0. The molecule has 0 spiro atoms. The minimum Gasteiger partial charge on any atom is -0.469 e. The molecule has 1 atom stereocenters. The van der Waals surface area contributed by atoms with Gasteiger partial charge in [-0.1, -0.05) is 31.7 Å². The summed E-state index contributed by atoms with van der Waals surface area (Å²) in [6.07, 6.45) is 0. The van der Waals surface area contributed by atoms with Gasteiger partial charge >= 0.3 is 5.97 Å². The van der Waals surface area contributed by atoms with Gasteiger partial charge in [0, 0.05) is 30.4 Å². The minimum atomic E-state index is -0.427. The van der Waals surface area contributed by atoms with Crippen molar-refractivity contribution in [2.24, 2.45) is 5.92 Å². The summed E-state index contributed by atoms with van der Waals surface area (Å²) in [7, 11) is 2.91. The molecule has 23 heavy (non-hydrogen) atoms. The molecule has 0 aliphatic carbocycles. The van der Waals surface area contributed by atoms with Crippen molar-refractivity contribution < 1.29 is 19.1 Å². The van der Waals surface area contributed by atoms with Crippen molar-refractivity contribution in [1.82, 2.24) is 9.80 Å². The molecule has 2 amide bonds. The fourth-order valence-electron chi connectivity index (χ4n) is 2.55. The number of rotatable bonds is 5. The quantitative estimate of drug-likeness (QED) is 0.770. The van der Waals surface area contributed by atoms with Gasteiger partial charge in [0.1, 0.15) is 6.54 Å². The first-order valence-electron chi connectivity index (χ1n) is 7.28. The molecular formula is C17H20N2O4. The van der Waals surface area contributed by atoms with Crippen LogP contribution in [0.3, 0.4) is 0 Å². The molecule has 2 rings (SSSR count). The highest BCUT2D eigenvalue weighted by molar-refractivity contribution is 6.10. The summed E-state index contributed by atoms with van der Waals surface area (Å²) < 4.78 is 4.65. The number of amides is 2. The van der Waals surface area contributed by atoms with Gasteiger partial charge in [0.2, 0.25) is 5.91 Å². The standard InChI is InChI=1S/C17H20N2O4/c1-11(17(22)23-4)9-18(3)15(20)10-19-12(2)13-7-5-6-8-14(13)16(19)21/h5-8,11H,2,9-10H2,1,3-4H3. The minimum absolute atomic E-state index is 0.100. The maximum absolute atomic E-state index is 12.4. The molecule has 1 aromatic rings. The van der Waals surface area contributed by atoms with Gasteiger partial charge in [0.15, 0.2) is 0 Å². The van der Waals surface area contributed by atoms with Crippen LogP contribution in [0.1, 0.15) is 22.8 Å². The van der Waals surface area contributed by atoms with E-state index in [1.165, 1.54) is 16.9 Å². The van der Waals surface area contributed by atoms with Crippen molar-refractivity contribution >= 4 is 23.5 Å². The summed E-state index contributed by atoms with van der Waals surface area (Å²) in [6.45, 7) is 5.72. The van der Waals surface area contributed by atoms with E-state index in [1.54, 1.807) is 26.1 Å². The van der Waals surface area contributed by atoms with Gasteiger partial charge in [0.25, 0.3) is 5.91 Å². The van der Waals surface area contributed by atoms with E-state index in [-0.39, 0.29) is 30.9 Å². The van der Waals surface area contributed by atoms with Crippen LogP contribution in [0.4, 0.5) is 0 Å². The number of carbonyl (C=O) groups is 3. The van der Waals surface area contributed by atoms with Crippen LogP contribution in [0.2, 0.25) is 0 Å². The number of carbonyl (C=O) groups excluding carboxylic acids is 3. The monoisotopic (exact) mass is 316 g/mol. The summed E-state index contributed by atoms with van der Waals surface area (Å²) in [4.78, 5) is 38.9. The Morgan fingerprint density at radius 2 is 1.91 bits per heavy atom. The Morgan fingerprint density at radius 3 is 2.48 bits per heavy atom. The smallest absolute Gasteiger partial charge is 0.310 e. The average molecular weight is 316 g/mol. The van der Waals surface area contributed by atoms with Crippen molar-refractivity contribution in [3.8, 4) is 0 Å². The van der Waals surface area contributed by atoms with Gasteiger partial charge in [-0.05, 0) is 6.07 Å². The maximum Gasteiger partial charge on any atom is 0.310 e. The lowest BCUT2D eigenvalue weighted by Gasteiger charge is -2.24. The molecule has 1 aromatic carbocycles. The Labute approximate surface area is 135 Å². The lowest BCUT2D eigenvalue weighted by atomic mass is 10.1. The first-order valence-corrected chi connectivity index (χ1v) is 7.28. The molecule has 0 aromatic heterocycles. The first kappa shape index (κ1) is 16.7. The van der Waals surface area contributed by atoms with Crippen molar-refractivity contribution in [1.29, 1.82) is 0 Å². The van der Waals surface area contributed by atoms with Crippen LogP contribution in [0.15, 0.2) is 30.8 Å². The molecular weight excluding hydrogens is 296 g/mol. The van der Waals surface area contributed by atoms with E-state index < -0.39 is 5.92 Å². The van der Waals surface area contributed by atoms with Gasteiger partial charge < -0.3 is 9.64 Å². The average Bonchev–Trinajstić information content (AvgIpc) is 2.79. The molecule has 1 unspecified atom stereocenters. The molecule has 6 nitrogen and oxygen atoms in total. The summed E-state index contributed by atoms with van der Waals surface area (Å²) in [5.74, 6) is -1.29. The van der Waals surface area contributed by atoms with Gasteiger partial charge in [-0.25, -0.2) is 0 Å². The first-order chi connectivity index (χ1) is 10.9. The number of benzene rings is 1. The molecule has 0 saturated carbocycles. The van der Waals surface area contributed by atoms with Crippen LogP contribution in [0, 0.1) is 5.92 Å². The molecule has 6 heteroatoms. The van der Waals surface area contributed by atoms with Crippen LogP contribution in [-0.4, -0.2) is 54.8 Å². The SMILES string of the molecule is C=C1c2ccccc2C(=O)N1CC(=O)N(C)CC(C)C(=O)OC. The Morgan fingerprint density at radius 1 is 1.30 bits per heavy atom. The Balaban J connectivity index is 2.03. The van der Waals surface area contributed by atoms with Gasteiger partial charge in [-0.15, -0.1) is 0 Å². The van der Waals surface area contributed by atoms with E-state index in [0.29, 0.717) is 11.3 Å². The number of fused-ring (bicyclic) bond motifs is 1. The van der Waals surface area contributed by atoms with E-state index in [2.05, 4.69) is 11.3 Å². The predicted molar refractivity (Wildman–Crippen MR) is 85.3 cm³/mol. The zero-order valence-corrected chi connectivity index (χ0v) is 13.5. The molecule has 0 fully saturated rings. The lowest BCUT2D eigenvalue weighted by Crippen LogP contribution is -2.41. The second kappa shape index (κ2) is 6.64. The maximum atomic E-state index is 12.4. The van der Waals surface area contributed by atoms with Gasteiger partial charge in [-0.2, -0.15) is 0 Å². The number of esters is 1. The van der Waals surface area contributed by atoms with E-state index >= 15 is 0 Å². The number of likely N-dealkylation sites (N-methyl/N-ethyl adjacent to an activating group) is 1. The van der Waals surface area contributed by atoms with Crippen LogP contribution in [0.25, 0.3) is 5.70 Å². The molecule has 1 aliphatic heterocycles. The fourth-order valence-corrected chi connectivity index (χ4v) is 2.55. The molecule has 0 bridgehead atoms. The Hall–Kier alpha value is -2.63. The van der Waals surface area contributed by atoms with Crippen LogP contribution in [0.5, 0.6) is 0 Å². The largest absolute Gasteiger partial charge is 0.469 e. The Kier molecular flexibility index (Phi) is 4.83. The van der Waals surface area contributed by atoms with Crippen molar-refractivity contribution in [3.05, 3.63) is 42.0 Å². The second-order valence-corrected chi connectivity index (χ2v) is 5.58. The highest BCUT2D eigenvalue weighted by atomic mass is 16.5. The van der Waals surface area contributed by atoms with E-state index in [9.17, 15) is 14.4 Å². The van der Waals surface area contributed by atoms with Crippen molar-refractivity contribution in [2.45, 2.75) is 6.92 Å². The summed E-state index contributed by atoms with van der Waals surface area (Å²) in [5.41, 5.74) is 1.82. The number of nitrogens with zero attached hydrogens (tertiary/aromatic N) is 2. The number of ether oxygens (including phenoxy) is 1. The van der Waals surface area contributed by atoms with Gasteiger partial charge in [-0.3, -0.25) is 19.3 Å². The molecule has 122 valence electrons. The predicted octanol–water partition coefficient (Wildman–Crippen LogP) is 1.38. The van der Waals surface area contributed by atoms with Crippen molar-refractivity contribution in [3.63, 3.8) is 0 Å². The van der Waals surface area contributed by atoms with Crippen LogP contribution in [-0.2, 0) is 14.3 Å². The molecule has 0 N–H and O–H groups in total. The zero-order valence-electron chi connectivity index (χ0n) is 13.5. The highest BCUT2D eigenvalue weighted by Gasteiger charge is 2.32. The normalized spacial score (nSPS) is 14.5. The number of methoxy groups -OCH3 is 1. The van der Waals surface area contributed by atoms with E-state index in [4.69, 9.17) is 0 Å². The third kappa shape index (κ3) is 3.26. The summed E-state index contributed by atoms with van der Waals surface area (Å²) in [6, 6.07) is 7.13. The van der Waals surface area contributed by atoms with Crippen LogP contribution >= 0.6 is 0 Å². The van der Waals surface area contributed by atoms with Crippen LogP contribution < -0.4 is 0 Å². The van der Waals surface area contributed by atoms with Crippen molar-refractivity contribution in [2.75, 3.05) is 27.2 Å². The van der Waals surface area contributed by atoms with E-state index in [1.807, 2.05) is 12.1 Å². The van der Waals surface area contributed by atoms with E-state index in [0.717, 1.165) is 5.56 Å². The zero-order chi connectivity index (χ0) is 17.1. The third-order valence-corrected chi connectivity index (χ3v) is 3.91. The number of hydrogen-bond acceptors (Lipinski definition) is 4.